The number of hydrogen-bond donors (Lipinski definition) is 1. The second-order valence-corrected chi connectivity index (χ2v) is 8.52. The first-order valence-corrected chi connectivity index (χ1v) is 11.0. The molecule has 0 spiro atoms. The molecule has 5 rings (SSSR count). The molecule has 32 heavy (non-hydrogen) atoms. The van der Waals surface area contributed by atoms with E-state index in [4.69, 9.17) is 4.42 Å². The number of rotatable bonds is 4. The maximum Gasteiger partial charge on any atom is 0.270 e. The Hall–Kier alpha value is -3.45. The van der Waals surface area contributed by atoms with E-state index in [1.807, 2.05) is 41.3 Å². The maximum atomic E-state index is 13.0. The van der Waals surface area contributed by atoms with E-state index in [1.54, 1.807) is 0 Å². The van der Waals surface area contributed by atoms with Gasteiger partial charge in [0.15, 0.2) is 0 Å². The van der Waals surface area contributed by atoms with Gasteiger partial charge in [-0.3, -0.25) is 9.69 Å². The van der Waals surface area contributed by atoms with E-state index < -0.39 is 0 Å². The topological polar surface area (TPSA) is 78.3 Å². The number of hydrogen-bond acceptors (Lipinski definition) is 5. The van der Waals surface area contributed by atoms with Crippen molar-refractivity contribution in [1.82, 2.24) is 25.0 Å². The van der Waals surface area contributed by atoms with Crippen molar-refractivity contribution in [3.8, 4) is 11.5 Å². The summed E-state index contributed by atoms with van der Waals surface area (Å²) < 4.78 is 6.01. The number of nitrogens with zero attached hydrogens (tertiary/aromatic N) is 4. The molecular formula is C25H27N5O2. The minimum atomic E-state index is -0.00637. The van der Waals surface area contributed by atoms with Gasteiger partial charge in [-0.2, -0.15) is 0 Å². The van der Waals surface area contributed by atoms with Crippen LogP contribution in [0, 0.1) is 13.8 Å². The predicted molar refractivity (Wildman–Crippen MR) is 123 cm³/mol. The Morgan fingerprint density at radius 3 is 2.53 bits per heavy atom. The quantitative estimate of drug-likeness (QED) is 0.522. The van der Waals surface area contributed by atoms with E-state index in [-0.39, 0.29) is 11.9 Å². The smallest absolute Gasteiger partial charge is 0.270 e. The second-order valence-electron chi connectivity index (χ2n) is 8.52. The third-order valence-corrected chi connectivity index (χ3v) is 6.46. The minimum absolute atomic E-state index is 0.00637. The Balaban J connectivity index is 1.23. The molecule has 1 amide bonds. The first kappa shape index (κ1) is 20.5. The second kappa shape index (κ2) is 8.24. The Labute approximate surface area is 187 Å². The van der Waals surface area contributed by atoms with Crippen molar-refractivity contribution in [2.75, 3.05) is 26.2 Å². The van der Waals surface area contributed by atoms with Gasteiger partial charge in [0.2, 0.25) is 11.8 Å². The molecule has 1 atom stereocenters. The van der Waals surface area contributed by atoms with E-state index in [2.05, 4.69) is 53.0 Å². The summed E-state index contributed by atoms with van der Waals surface area (Å²) in [5.41, 5.74) is 5.00. The number of para-hydroxylation sites is 1. The fraction of sp³-hybridized carbons (Fsp3) is 0.320. The van der Waals surface area contributed by atoms with E-state index in [1.165, 1.54) is 11.1 Å². The normalized spacial score (nSPS) is 15.9. The van der Waals surface area contributed by atoms with Crippen LogP contribution in [-0.4, -0.2) is 57.1 Å². The number of aromatic amines is 1. The highest BCUT2D eigenvalue weighted by atomic mass is 16.4. The minimum Gasteiger partial charge on any atom is -0.419 e. The average molecular weight is 430 g/mol. The van der Waals surface area contributed by atoms with Gasteiger partial charge in [-0.1, -0.05) is 24.3 Å². The third-order valence-electron chi connectivity index (χ3n) is 6.46. The third kappa shape index (κ3) is 3.80. The van der Waals surface area contributed by atoms with Crippen LogP contribution in [0.4, 0.5) is 0 Å². The van der Waals surface area contributed by atoms with Crippen LogP contribution < -0.4 is 0 Å². The van der Waals surface area contributed by atoms with Crippen LogP contribution in [-0.2, 0) is 0 Å². The number of piperazine rings is 1. The van der Waals surface area contributed by atoms with Crippen molar-refractivity contribution in [2.24, 2.45) is 0 Å². The Bertz CT molecular complexity index is 1230. The Kier molecular flexibility index (Phi) is 5.27. The predicted octanol–water partition coefficient (Wildman–Crippen LogP) is 4.35. The zero-order valence-electron chi connectivity index (χ0n) is 18.6. The van der Waals surface area contributed by atoms with Crippen molar-refractivity contribution in [2.45, 2.75) is 26.8 Å². The average Bonchev–Trinajstić information content (AvgIpc) is 3.47. The molecular weight excluding hydrogens is 402 g/mol. The fourth-order valence-electron chi connectivity index (χ4n) is 4.22. The molecule has 7 heteroatoms. The molecule has 1 fully saturated rings. The van der Waals surface area contributed by atoms with Crippen LogP contribution in [0.15, 0.2) is 52.9 Å². The van der Waals surface area contributed by atoms with Crippen LogP contribution in [0.25, 0.3) is 22.4 Å². The van der Waals surface area contributed by atoms with E-state index >= 15 is 0 Å². The number of carbonyl (C=O) groups excluding carboxylic acids is 1. The van der Waals surface area contributed by atoms with Crippen LogP contribution in [0.1, 0.15) is 40.5 Å². The molecule has 7 nitrogen and oxygen atoms in total. The van der Waals surface area contributed by atoms with Gasteiger partial charge >= 0.3 is 0 Å². The first-order valence-electron chi connectivity index (χ1n) is 11.0. The van der Waals surface area contributed by atoms with Crippen molar-refractivity contribution in [1.29, 1.82) is 0 Å². The lowest BCUT2D eigenvalue weighted by molar-refractivity contribution is 0.0554. The lowest BCUT2D eigenvalue weighted by Crippen LogP contribution is -2.49. The number of fused-ring (bicyclic) bond motifs is 1. The van der Waals surface area contributed by atoms with E-state index in [9.17, 15) is 4.79 Å². The molecule has 0 aliphatic carbocycles. The van der Waals surface area contributed by atoms with Gasteiger partial charge < -0.3 is 14.3 Å². The number of carbonyl (C=O) groups is 1. The number of H-pyrrole nitrogens is 1. The molecule has 1 aliphatic heterocycles. The monoisotopic (exact) mass is 429 g/mol. The summed E-state index contributed by atoms with van der Waals surface area (Å²) in [6.07, 6.45) is 0. The number of benzene rings is 2. The Morgan fingerprint density at radius 1 is 1.00 bits per heavy atom. The van der Waals surface area contributed by atoms with E-state index in [0.29, 0.717) is 30.6 Å². The van der Waals surface area contributed by atoms with Crippen molar-refractivity contribution >= 4 is 16.8 Å². The molecule has 4 aromatic rings. The molecule has 2 aromatic carbocycles. The summed E-state index contributed by atoms with van der Waals surface area (Å²) in [7, 11) is 0. The summed E-state index contributed by atoms with van der Waals surface area (Å²) in [5.74, 6) is 1.19. The van der Waals surface area contributed by atoms with Crippen molar-refractivity contribution < 1.29 is 9.21 Å². The summed E-state index contributed by atoms with van der Waals surface area (Å²) in [6, 6.07) is 16.0. The van der Waals surface area contributed by atoms with Gasteiger partial charge in [0, 0.05) is 42.6 Å². The molecule has 0 radical (unpaired) electrons. The fourth-order valence-corrected chi connectivity index (χ4v) is 4.22. The maximum absolute atomic E-state index is 13.0. The molecule has 1 unspecified atom stereocenters. The highest BCUT2D eigenvalue weighted by Gasteiger charge is 2.28. The Morgan fingerprint density at radius 2 is 1.78 bits per heavy atom. The summed E-state index contributed by atoms with van der Waals surface area (Å²) in [6.45, 7) is 9.08. The van der Waals surface area contributed by atoms with Gasteiger partial charge in [0.05, 0.1) is 6.04 Å². The number of nitrogens with one attached hydrogen (secondary N) is 1. The highest BCUT2D eigenvalue weighted by Crippen LogP contribution is 2.26. The highest BCUT2D eigenvalue weighted by molar-refractivity contribution is 5.98. The van der Waals surface area contributed by atoms with Crippen LogP contribution in [0.3, 0.4) is 0 Å². The van der Waals surface area contributed by atoms with Crippen LogP contribution >= 0.6 is 0 Å². The van der Waals surface area contributed by atoms with Crippen molar-refractivity contribution in [3.63, 3.8) is 0 Å². The molecule has 0 bridgehead atoms. The number of aromatic nitrogens is 3. The zero-order valence-corrected chi connectivity index (χ0v) is 18.6. The number of amides is 1. The summed E-state index contributed by atoms with van der Waals surface area (Å²) in [5, 5.41) is 9.62. The standard InChI is InChI=1S/C25H27N5O2/c1-16-8-9-20(14-17(16)2)24-28-27-23(32-24)18(3)29-10-12-30(13-11-29)25(31)22-15-19-6-4-5-7-21(19)26-22/h4-9,14-15,18,26H,10-13H2,1-3H3. The molecule has 2 aromatic heterocycles. The first-order chi connectivity index (χ1) is 15.5. The van der Waals surface area contributed by atoms with Gasteiger partial charge in [-0.15, -0.1) is 10.2 Å². The zero-order chi connectivity index (χ0) is 22.2. The van der Waals surface area contributed by atoms with Gasteiger partial charge in [-0.25, -0.2) is 0 Å². The largest absolute Gasteiger partial charge is 0.419 e. The summed E-state index contributed by atoms with van der Waals surface area (Å²) in [4.78, 5) is 20.4. The van der Waals surface area contributed by atoms with Gasteiger partial charge in [0.1, 0.15) is 5.69 Å². The lowest BCUT2D eigenvalue weighted by Gasteiger charge is -2.36. The SMILES string of the molecule is Cc1ccc(-c2nnc(C(C)N3CCN(C(=O)c4cc5ccccc5[nH]4)CC3)o2)cc1C. The van der Waals surface area contributed by atoms with Gasteiger partial charge in [-0.05, 0) is 56.2 Å². The number of aryl methyl sites for hydroxylation is 2. The molecule has 3 heterocycles. The van der Waals surface area contributed by atoms with Crippen molar-refractivity contribution in [3.05, 3.63) is 71.2 Å². The van der Waals surface area contributed by atoms with Gasteiger partial charge in [0.25, 0.3) is 5.91 Å². The molecule has 1 N–H and O–H groups in total. The van der Waals surface area contributed by atoms with E-state index in [0.717, 1.165) is 29.6 Å². The summed E-state index contributed by atoms with van der Waals surface area (Å²) >= 11 is 0. The van der Waals surface area contributed by atoms with Crippen LogP contribution in [0.5, 0.6) is 0 Å². The molecule has 0 saturated carbocycles. The molecule has 1 aliphatic rings. The molecule has 1 saturated heterocycles. The molecule has 164 valence electrons. The van der Waals surface area contributed by atoms with Crippen LogP contribution in [0.2, 0.25) is 0 Å². The lowest BCUT2D eigenvalue weighted by atomic mass is 10.1.